The molecule has 156 valence electrons. The Labute approximate surface area is 181 Å². The fourth-order valence-corrected chi connectivity index (χ4v) is 3.83. The van der Waals surface area contributed by atoms with Crippen LogP contribution in [0.25, 0.3) is 0 Å². The maximum atomic E-state index is 12.6. The summed E-state index contributed by atoms with van der Waals surface area (Å²) < 4.78 is 10.7. The summed E-state index contributed by atoms with van der Waals surface area (Å²) in [5, 5.41) is 9.70. The highest BCUT2D eigenvalue weighted by atomic mass is 35.5. The Hall–Kier alpha value is -2.36. The van der Waals surface area contributed by atoms with E-state index in [2.05, 4.69) is 11.0 Å². The first-order valence-electron chi connectivity index (χ1n) is 9.32. The predicted molar refractivity (Wildman–Crippen MR) is 115 cm³/mol. The van der Waals surface area contributed by atoms with Crippen molar-refractivity contribution in [2.75, 3.05) is 36.4 Å². The van der Waals surface area contributed by atoms with Gasteiger partial charge in [0.2, 0.25) is 5.88 Å². The van der Waals surface area contributed by atoms with E-state index in [1.54, 1.807) is 13.8 Å². The Kier molecular flexibility index (Phi) is 8.24. The molecule has 2 N–H and O–H groups in total. The van der Waals surface area contributed by atoms with Crippen molar-refractivity contribution >= 4 is 34.9 Å². The number of allylic oxidation sites excluding steroid dienone is 2. The molecule has 0 amide bonds. The van der Waals surface area contributed by atoms with E-state index >= 15 is 0 Å². The van der Waals surface area contributed by atoms with Crippen molar-refractivity contribution in [1.29, 1.82) is 5.26 Å². The lowest BCUT2D eigenvalue weighted by atomic mass is 9.81. The molecule has 1 aromatic rings. The number of halogens is 2. The Morgan fingerprint density at radius 1 is 1.31 bits per heavy atom. The van der Waals surface area contributed by atoms with E-state index in [0.29, 0.717) is 30.6 Å². The maximum absolute atomic E-state index is 12.6. The molecule has 0 saturated heterocycles. The average Bonchev–Trinajstić information content (AvgIpc) is 2.67. The summed E-state index contributed by atoms with van der Waals surface area (Å²) in [6.07, 6.45) is 0. The normalized spacial score (nSPS) is 16.3. The Morgan fingerprint density at radius 2 is 1.97 bits per heavy atom. The van der Waals surface area contributed by atoms with Crippen LogP contribution in [0.2, 0.25) is 0 Å². The zero-order valence-electron chi connectivity index (χ0n) is 16.8. The number of esters is 1. The highest BCUT2D eigenvalue weighted by Gasteiger charge is 2.37. The number of aryl methyl sites for hydroxylation is 1. The number of carbonyl (C=O) groups excluding carboxylic acids is 1. The first-order chi connectivity index (χ1) is 13.9. The van der Waals surface area contributed by atoms with Gasteiger partial charge in [0.15, 0.2) is 0 Å². The minimum Gasteiger partial charge on any atom is -0.463 e. The molecule has 1 atom stereocenters. The summed E-state index contributed by atoms with van der Waals surface area (Å²) in [4.78, 5) is 14.7. The monoisotopic (exact) mass is 437 g/mol. The fraction of sp³-hybridized carbons (Fsp3) is 0.429. The number of hydrogen-bond donors (Lipinski definition) is 1. The molecule has 0 saturated carbocycles. The Bertz CT molecular complexity index is 868. The maximum Gasteiger partial charge on any atom is 0.338 e. The number of carbonyl (C=O) groups is 1. The van der Waals surface area contributed by atoms with Crippen LogP contribution in [-0.4, -0.2) is 37.4 Å². The number of nitrogens with two attached hydrogens (primary N) is 1. The van der Waals surface area contributed by atoms with Gasteiger partial charge in [-0.05, 0) is 44.0 Å². The van der Waals surface area contributed by atoms with E-state index in [1.807, 2.05) is 25.1 Å². The third kappa shape index (κ3) is 4.98. The minimum atomic E-state index is -0.656. The van der Waals surface area contributed by atoms with Crippen LogP contribution in [0.1, 0.15) is 30.9 Å². The standard InChI is InChI=1S/C21H25Cl2N3O3/c1-4-28-21(27)18-14(3)29-20(25)17(12-24)19(18)16-6-5-15(11-13(16)2)26(9-7-22)10-8-23/h5-6,11,19H,4,7-10,25H2,1-3H3. The SMILES string of the molecule is CCOC(=O)C1=C(C)OC(N)=C(C#N)C1c1ccc(N(CCCl)CCCl)cc1C. The molecule has 1 unspecified atom stereocenters. The van der Waals surface area contributed by atoms with E-state index in [4.69, 9.17) is 38.4 Å². The van der Waals surface area contributed by atoms with Gasteiger partial charge in [0, 0.05) is 30.5 Å². The van der Waals surface area contributed by atoms with Gasteiger partial charge in [-0.2, -0.15) is 5.26 Å². The molecule has 1 aliphatic heterocycles. The van der Waals surface area contributed by atoms with Crippen LogP contribution in [0.5, 0.6) is 0 Å². The third-order valence-corrected chi connectivity index (χ3v) is 5.08. The summed E-state index contributed by atoms with van der Waals surface area (Å²) in [5.41, 5.74) is 9.09. The Morgan fingerprint density at radius 3 is 2.48 bits per heavy atom. The molecule has 0 bridgehead atoms. The molecule has 1 aliphatic rings. The molecule has 8 heteroatoms. The molecule has 0 aliphatic carbocycles. The fourth-order valence-electron chi connectivity index (χ4n) is 3.42. The van der Waals surface area contributed by atoms with E-state index in [0.717, 1.165) is 16.8 Å². The average molecular weight is 438 g/mol. The summed E-state index contributed by atoms with van der Waals surface area (Å²) in [6.45, 7) is 6.84. The lowest BCUT2D eigenvalue weighted by Crippen LogP contribution is -2.28. The smallest absolute Gasteiger partial charge is 0.338 e. The van der Waals surface area contributed by atoms with Crippen molar-refractivity contribution in [3.8, 4) is 6.07 Å². The molecule has 0 spiro atoms. The molecule has 2 rings (SSSR count). The van der Waals surface area contributed by atoms with Gasteiger partial charge in [0.05, 0.1) is 18.1 Å². The van der Waals surface area contributed by atoms with Crippen molar-refractivity contribution in [1.82, 2.24) is 0 Å². The zero-order chi connectivity index (χ0) is 21.6. The topological polar surface area (TPSA) is 88.6 Å². The first-order valence-corrected chi connectivity index (χ1v) is 10.4. The second kappa shape index (κ2) is 10.4. The highest BCUT2D eigenvalue weighted by Crippen LogP contribution is 2.41. The molecule has 6 nitrogen and oxygen atoms in total. The van der Waals surface area contributed by atoms with Gasteiger partial charge < -0.3 is 20.1 Å². The molecular formula is C21H25Cl2N3O3. The van der Waals surface area contributed by atoms with Gasteiger partial charge in [-0.25, -0.2) is 4.79 Å². The minimum absolute atomic E-state index is 0.00238. The quantitative estimate of drug-likeness (QED) is 0.489. The molecule has 0 aromatic heterocycles. The van der Waals surface area contributed by atoms with Crippen LogP contribution in [0.3, 0.4) is 0 Å². The van der Waals surface area contributed by atoms with Crippen molar-refractivity contribution in [2.45, 2.75) is 26.7 Å². The number of alkyl halides is 2. The van der Waals surface area contributed by atoms with E-state index in [9.17, 15) is 10.1 Å². The van der Waals surface area contributed by atoms with Gasteiger partial charge in [-0.3, -0.25) is 0 Å². The van der Waals surface area contributed by atoms with Crippen LogP contribution in [0, 0.1) is 18.3 Å². The second-order valence-corrected chi connectivity index (χ2v) is 7.28. The summed E-state index contributed by atoms with van der Waals surface area (Å²) >= 11 is 11.8. The van der Waals surface area contributed by atoms with E-state index < -0.39 is 11.9 Å². The van der Waals surface area contributed by atoms with Crippen LogP contribution < -0.4 is 10.6 Å². The van der Waals surface area contributed by atoms with Gasteiger partial charge in [0.25, 0.3) is 0 Å². The predicted octanol–water partition coefficient (Wildman–Crippen LogP) is 3.92. The number of anilines is 1. The van der Waals surface area contributed by atoms with Crippen LogP contribution in [-0.2, 0) is 14.3 Å². The van der Waals surface area contributed by atoms with Gasteiger partial charge in [0.1, 0.15) is 17.4 Å². The second-order valence-electron chi connectivity index (χ2n) is 6.52. The number of hydrogen-bond acceptors (Lipinski definition) is 6. The molecule has 1 aromatic carbocycles. The molecule has 29 heavy (non-hydrogen) atoms. The lowest BCUT2D eigenvalue weighted by Gasteiger charge is -2.29. The summed E-state index contributed by atoms with van der Waals surface area (Å²) in [7, 11) is 0. The van der Waals surface area contributed by atoms with Crippen molar-refractivity contribution in [3.05, 3.63) is 52.1 Å². The molecule has 1 heterocycles. The van der Waals surface area contributed by atoms with Crippen LogP contribution >= 0.6 is 23.2 Å². The van der Waals surface area contributed by atoms with Crippen molar-refractivity contribution in [3.63, 3.8) is 0 Å². The Balaban J connectivity index is 2.56. The van der Waals surface area contributed by atoms with Gasteiger partial charge >= 0.3 is 5.97 Å². The largest absolute Gasteiger partial charge is 0.463 e. The summed E-state index contributed by atoms with van der Waals surface area (Å²) in [5.74, 6) is 0.104. The lowest BCUT2D eigenvalue weighted by molar-refractivity contribution is -0.139. The van der Waals surface area contributed by atoms with Crippen molar-refractivity contribution < 1.29 is 14.3 Å². The zero-order valence-corrected chi connectivity index (χ0v) is 18.3. The van der Waals surface area contributed by atoms with Crippen LogP contribution in [0.15, 0.2) is 41.0 Å². The van der Waals surface area contributed by atoms with E-state index in [1.165, 1.54) is 0 Å². The number of benzene rings is 1. The summed E-state index contributed by atoms with van der Waals surface area (Å²) in [6, 6.07) is 7.92. The number of rotatable bonds is 8. The molecule has 0 radical (unpaired) electrons. The molecular weight excluding hydrogens is 413 g/mol. The number of ether oxygens (including phenoxy) is 2. The van der Waals surface area contributed by atoms with Crippen molar-refractivity contribution in [2.24, 2.45) is 5.73 Å². The van der Waals surface area contributed by atoms with Gasteiger partial charge in [-0.15, -0.1) is 23.2 Å². The van der Waals surface area contributed by atoms with E-state index in [-0.39, 0.29) is 23.6 Å². The first kappa shape index (κ1) is 22.9. The van der Waals surface area contributed by atoms with Crippen LogP contribution in [0.4, 0.5) is 5.69 Å². The highest BCUT2D eigenvalue weighted by molar-refractivity contribution is 6.18. The number of nitriles is 1. The number of nitrogens with zero attached hydrogens (tertiary/aromatic N) is 2. The van der Waals surface area contributed by atoms with Gasteiger partial charge in [-0.1, -0.05) is 6.07 Å². The third-order valence-electron chi connectivity index (χ3n) is 4.74. The molecule has 0 fully saturated rings.